The van der Waals surface area contributed by atoms with Gasteiger partial charge in [-0.1, -0.05) is 42.0 Å². The van der Waals surface area contributed by atoms with Gasteiger partial charge in [-0.05, 0) is 36.6 Å². The molecule has 23 heavy (non-hydrogen) atoms. The first-order chi connectivity index (χ1) is 11.1. The van der Waals surface area contributed by atoms with E-state index in [1.54, 1.807) is 14.2 Å². The second-order valence-electron chi connectivity index (χ2n) is 5.57. The van der Waals surface area contributed by atoms with Crippen LogP contribution >= 0.6 is 0 Å². The van der Waals surface area contributed by atoms with Crippen LogP contribution in [0.1, 0.15) is 22.3 Å². The summed E-state index contributed by atoms with van der Waals surface area (Å²) in [7, 11) is 3.47. The van der Waals surface area contributed by atoms with E-state index in [1.807, 2.05) is 13.0 Å². The van der Waals surface area contributed by atoms with Crippen molar-refractivity contribution in [1.29, 1.82) is 0 Å². The van der Waals surface area contributed by atoms with Gasteiger partial charge >= 0.3 is 0 Å². The molecule has 0 radical (unpaired) electrons. The summed E-state index contributed by atoms with van der Waals surface area (Å²) in [5, 5.41) is 6.67. The maximum absolute atomic E-state index is 5.29. The number of hydrogen-bond acceptors (Lipinski definition) is 2. The summed E-state index contributed by atoms with van der Waals surface area (Å²) in [5.74, 6) is 1.70. The fourth-order valence-corrected chi connectivity index (χ4v) is 2.46. The lowest BCUT2D eigenvalue weighted by Crippen LogP contribution is -2.36. The fraction of sp³-hybridized carbons (Fsp3) is 0.316. The van der Waals surface area contributed by atoms with Gasteiger partial charge in [0.15, 0.2) is 5.96 Å². The lowest BCUT2D eigenvalue weighted by Gasteiger charge is -2.13. The summed E-state index contributed by atoms with van der Waals surface area (Å²) >= 11 is 0. The number of methoxy groups -OCH3 is 1. The molecule has 0 bridgehead atoms. The molecule has 0 fully saturated rings. The van der Waals surface area contributed by atoms with Gasteiger partial charge in [0, 0.05) is 20.1 Å². The van der Waals surface area contributed by atoms with Crippen LogP contribution in [0.2, 0.25) is 0 Å². The molecule has 4 heteroatoms. The predicted molar refractivity (Wildman–Crippen MR) is 95.9 cm³/mol. The number of guanidine groups is 1. The zero-order valence-electron chi connectivity index (χ0n) is 14.3. The molecule has 0 saturated heterocycles. The van der Waals surface area contributed by atoms with Crippen LogP contribution in [0.15, 0.2) is 47.5 Å². The monoisotopic (exact) mass is 311 g/mol. The van der Waals surface area contributed by atoms with Gasteiger partial charge in [0.2, 0.25) is 0 Å². The summed E-state index contributed by atoms with van der Waals surface area (Å²) in [5.41, 5.74) is 4.84. The van der Waals surface area contributed by atoms with E-state index in [1.165, 1.54) is 16.7 Å². The number of nitrogens with zero attached hydrogens (tertiary/aromatic N) is 1. The number of ether oxygens (including phenoxy) is 1. The Balaban J connectivity index is 1.89. The Bertz CT molecular complexity index is 680. The Hall–Kier alpha value is -2.49. The van der Waals surface area contributed by atoms with Crippen molar-refractivity contribution in [2.45, 2.75) is 26.9 Å². The topological polar surface area (TPSA) is 45.7 Å². The van der Waals surface area contributed by atoms with Crippen LogP contribution in [-0.2, 0) is 13.1 Å². The molecular weight excluding hydrogens is 286 g/mol. The molecule has 2 N–H and O–H groups in total. The van der Waals surface area contributed by atoms with E-state index in [0.29, 0.717) is 0 Å². The Kier molecular flexibility index (Phi) is 6.03. The van der Waals surface area contributed by atoms with Crippen molar-refractivity contribution in [1.82, 2.24) is 10.6 Å². The molecule has 0 aliphatic carbocycles. The molecule has 2 rings (SSSR count). The molecule has 4 nitrogen and oxygen atoms in total. The quantitative estimate of drug-likeness (QED) is 0.658. The molecule has 2 aromatic rings. The highest BCUT2D eigenvalue weighted by Crippen LogP contribution is 2.18. The van der Waals surface area contributed by atoms with E-state index >= 15 is 0 Å². The van der Waals surface area contributed by atoms with Gasteiger partial charge in [-0.3, -0.25) is 4.99 Å². The first kappa shape index (κ1) is 16.9. The number of aryl methyl sites for hydroxylation is 2. The lowest BCUT2D eigenvalue weighted by atomic mass is 10.1. The van der Waals surface area contributed by atoms with Crippen LogP contribution in [-0.4, -0.2) is 20.1 Å². The van der Waals surface area contributed by atoms with Crippen LogP contribution in [0, 0.1) is 13.8 Å². The van der Waals surface area contributed by atoms with E-state index < -0.39 is 0 Å². The summed E-state index contributed by atoms with van der Waals surface area (Å²) in [6.45, 7) is 5.62. The van der Waals surface area contributed by atoms with Gasteiger partial charge in [-0.25, -0.2) is 0 Å². The molecular formula is C19H25N3O. The van der Waals surface area contributed by atoms with Crippen molar-refractivity contribution in [3.8, 4) is 5.75 Å². The highest BCUT2D eigenvalue weighted by molar-refractivity contribution is 5.79. The maximum Gasteiger partial charge on any atom is 0.191 e. The first-order valence-electron chi connectivity index (χ1n) is 7.76. The molecule has 2 aromatic carbocycles. The average Bonchev–Trinajstić information content (AvgIpc) is 2.55. The smallest absolute Gasteiger partial charge is 0.191 e. The third kappa shape index (κ3) is 5.02. The standard InChI is InChI=1S/C19H25N3O/c1-14-6-5-7-16(10-14)12-21-19(20-3)22-13-17-8-9-18(23-4)15(2)11-17/h5-11H,12-13H2,1-4H3,(H2,20,21,22). The second-order valence-corrected chi connectivity index (χ2v) is 5.57. The van der Waals surface area contributed by atoms with Crippen molar-refractivity contribution in [2.75, 3.05) is 14.2 Å². The van der Waals surface area contributed by atoms with E-state index in [2.05, 4.69) is 58.9 Å². The first-order valence-corrected chi connectivity index (χ1v) is 7.76. The van der Waals surface area contributed by atoms with Gasteiger partial charge in [-0.15, -0.1) is 0 Å². The summed E-state index contributed by atoms with van der Waals surface area (Å²) in [6, 6.07) is 14.6. The molecule has 0 aliphatic rings. The highest BCUT2D eigenvalue weighted by Gasteiger charge is 2.02. The van der Waals surface area contributed by atoms with Gasteiger partial charge < -0.3 is 15.4 Å². The van der Waals surface area contributed by atoms with Gasteiger partial charge in [0.25, 0.3) is 0 Å². The van der Waals surface area contributed by atoms with E-state index in [9.17, 15) is 0 Å². The minimum absolute atomic E-state index is 0.721. The third-order valence-corrected chi connectivity index (χ3v) is 3.69. The normalized spacial score (nSPS) is 11.2. The minimum Gasteiger partial charge on any atom is -0.496 e. The highest BCUT2D eigenvalue weighted by atomic mass is 16.5. The lowest BCUT2D eigenvalue weighted by molar-refractivity contribution is 0.411. The largest absolute Gasteiger partial charge is 0.496 e. The van der Waals surface area contributed by atoms with Crippen LogP contribution in [0.5, 0.6) is 5.75 Å². The molecule has 0 amide bonds. The van der Waals surface area contributed by atoms with Crippen molar-refractivity contribution in [3.05, 3.63) is 64.7 Å². The minimum atomic E-state index is 0.721. The molecule has 0 saturated carbocycles. The molecule has 0 spiro atoms. The Morgan fingerprint density at radius 3 is 2.26 bits per heavy atom. The SMILES string of the molecule is CN=C(NCc1cccc(C)c1)NCc1ccc(OC)c(C)c1. The zero-order chi connectivity index (χ0) is 16.7. The number of benzene rings is 2. The van der Waals surface area contributed by atoms with Crippen LogP contribution < -0.4 is 15.4 Å². The Morgan fingerprint density at radius 2 is 1.70 bits per heavy atom. The fourth-order valence-electron chi connectivity index (χ4n) is 2.46. The van der Waals surface area contributed by atoms with Gasteiger partial charge in [0.05, 0.1) is 7.11 Å². The van der Waals surface area contributed by atoms with E-state index in [4.69, 9.17) is 4.74 Å². The van der Waals surface area contributed by atoms with Crippen LogP contribution in [0.4, 0.5) is 0 Å². The number of nitrogens with one attached hydrogen (secondary N) is 2. The molecule has 0 aliphatic heterocycles. The van der Waals surface area contributed by atoms with Crippen molar-refractivity contribution in [3.63, 3.8) is 0 Å². The van der Waals surface area contributed by atoms with Crippen molar-refractivity contribution in [2.24, 2.45) is 4.99 Å². The summed E-state index contributed by atoms with van der Waals surface area (Å²) < 4.78 is 5.29. The van der Waals surface area contributed by atoms with Gasteiger partial charge in [-0.2, -0.15) is 0 Å². The number of hydrogen-bond donors (Lipinski definition) is 2. The van der Waals surface area contributed by atoms with E-state index in [0.717, 1.165) is 30.4 Å². The maximum atomic E-state index is 5.29. The molecule has 0 heterocycles. The average molecular weight is 311 g/mol. The molecule has 0 aromatic heterocycles. The Labute approximate surface area is 138 Å². The number of rotatable bonds is 5. The summed E-state index contributed by atoms with van der Waals surface area (Å²) in [4.78, 5) is 4.27. The van der Waals surface area contributed by atoms with Crippen LogP contribution in [0.3, 0.4) is 0 Å². The van der Waals surface area contributed by atoms with Crippen molar-refractivity contribution < 1.29 is 4.74 Å². The second kappa shape index (κ2) is 8.22. The third-order valence-electron chi connectivity index (χ3n) is 3.69. The van der Waals surface area contributed by atoms with Crippen LogP contribution in [0.25, 0.3) is 0 Å². The Morgan fingerprint density at radius 1 is 1.00 bits per heavy atom. The van der Waals surface area contributed by atoms with Gasteiger partial charge in [0.1, 0.15) is 5.75 Å². The van der Waals surface area contributed by atoms with E-state index in [-0.39, 0.29) is 0 Å². The summed E-state index contributed by atoms with van der Waals surface area (Å²) in [6.07, 6.45) is 0. The predicted octanol–water partition coefficient (Wildman–Crippen LogP) is 3.18. The molecule has 122 valence electrons. The van der Waals surface area contributed by atoms with Crippen molar-refractivity contribution >= 4 is 5.96 Å². The number of aliphatic imine (C=N–C) groups is 1. The molecule has 0 unspecified atom stereocenters. The molecule has 0 atom stereocenters. The zero-order valence-corrected chi connectivity index (χ0v) is 14.3.